The summed E-state index contributed by atoms with van der Waals surface area (Å²) in [6.07, 6.45) is -5.96. The van der Waals surface area contributed by atoms with Gasteiger partial charge in [-0.05, 0) is 61.1 Å². The van der Waals surface area contributed by atoms with E-state index in [1.165, 1.54) is 6.07 Å². The summed E-state index contributed by atoms with van der Waals surface area (Å²) in [6.45, 7) is -0.469. The summed E-state index contributed by atoms with van der Waals surface area (Å²) in [5.74, 6) is -7.17. The minimum absolute atomic E-state index is 0.0328. The van der Waals surface area contributed by atoms with Crippen molar-refractivity contribution in [1.82, 2.24) is 0 Å². The van der Waals surface area contributed by atoms with E-state index in [9.17, 15) is 52.8 Å². The number of carbonyl (C=O) groups is 4. The van der Waals surface area contributed by atoms with Gasteiger partial charge in [0.15, 0.2) is 22.9 Å². The minimum atomic E-state index is -4.90. The molecule has 3 atom stereocenters. The molecule has 0 fully saturated rings. The molecule has 0 aromatic heterocycles. The van der Waals surface area contributed by atoms with Crippen LogP contribution in [0.15, 0.2) is 41.7 Å². The van der Waals surface area contributed by atoms with Crippen molar-refractivity contribution in [2.45, 2.75) is 37.6 Å². The quantitative estimate of drug-likeness (QED) is 0.158. The van der Waals surface area contributed by atoms with Crippen LogP contribution in [0.2, 0.25) is 0 Å². The maximum Gasteiger partial charge on any atom is 0.573 e. The molecule has 242 valence electrons. The summed E-state index contributed by atoms with van der Waals surface area (Å²) in [5.41, 5.74) is 2.35. The second kappa shape index (κ2) is 12.3. The van der Waals surface area contributed by atoms with Crippen molar-refractivity contribution in [2.75, 3.05) is 36.2 Å². The summed E-state index contributed by atoms with van der Waals surface area (Å²) in [4.78, 5) is 52.8. The zero-order valence-corrected chi connectivity index (χ0v) is 24.1. The predicted molar refractivity (Wildman–Crippen MR) is 153 cm³/mol. The molecule has 45 heavy (non-hydrogen) atoms. The van der Waals surface area contributed by atoms with Gasteiger partial charge in [-0.2, -0.15) is 0 Å². The third kappa shape index (κ3) is 6.51. The first-order valence-corrected chi connectivity index (χ1v) is 13.6. The summed E-state index contributed by atoms with van der Waals surface area (Å²) in [5, 5.41) is 48.2. The maximum atomic E-state index is 13.9. The van der Waals surface area contributed by atoms with E-state index in [1.54, 1.807) is 19.0 Å². The van der Waals surface area contributed by atoms with Gasteiger partial charge in [0, 0.05) is 43.6 Å². The Hall–Kier alpha value is -4.83. The molecular formula is C29H31F3N4O9. The fraction of sp³-hybridized carbons (Fsp3) is 0.379. The normalized spacial score (nSPS) is 21.0. The molecule has 0 bridgehead atoms. The number of nitrogens with zero attached hydrogens (tertiary/aromatic N) is 1. The highest BCUT2D eigenvalue weighted by Gasteiger charge is 2.55. The van der Waals surface area contributed by atoms with E-state index in [4.69, 9.17) is 5.73 Å². The number of phenolic OH excluding ortho intramolecular Hbond substituents is 1. The van der Waals surface area contributed by atoms with E-state index in [0.29, 0.717) is 11.3 Å². The zero-order chi connectivity index (χ0) is 33.4. The van der Waals surface area contributed by atoms with Crippen molar-refractivity contribution in [2.24, 2.45) is 17.6 Å². The Bertz CT molecular complexity index is 1570. The van der Waals surface area contributed by atoms with Crippen LogP contribution in [0.25, 0.3) is 0 Å². The molecule has 0 radical (unpaired) electrons. The lowest BCUT2D eigenvalue weighted by Gasteiger charge is -2.44. The van der Waals surface area contributed by atoms with Crippen LogP contribution in [0.4, 0.5) is 35.0 Å². The molecule has 0 spiro atoms. The predicted octanol–water partition coefficient (Wildman–Crippen LogP) is 2.75. The van der Waals surface area contributed by atoms with E-state index in [1.807, 2.05) is 0 Å². The highest BCUT2D eigenvalue weighted by molar-refractivity contribution is 6.17. The Balaban J connectivity index is 1.71. The van der Waals surface area contributed by atoms with Crippen molar-refractivity contribution in [3.8, 4) is 11.5 Å². The summed E-state index contributed by atoms with van der Waals surface area (Å²) < 4.78 is 41.1. The smallest absolute Gasteiger partial charge is 0.508 e. The number of phenols is 1. The number of urea groups is 1. The average molecular weight is 637 g/mol. The van der Waals surface area contributed by atoms with Crippen LogP contribution in [0.3, 0.4) is 0 Å². The number of anilines is 3. The third-order valence-corrected chi connectivity index (χ3v) is 7.80. The molecule has 4 rings (SSSR count). The van der Waals surface area contributed by atoms with Gasteiger partial charge in [0.1, 0.15) is 11.5 Å². The number of benzene rings is 2. The number of ether oxygens (including phenoxy) is 1. The Labute approximate surface area is 254 Å². The van der Waals surface area contributed by atoms with E-state index in [-0.39, 0.29) is 41.8 Å². The number of halogens is 3. The number of Topliss-reactive ketones (excluding diaryl/α,β-unsaturated/α-hetero) is 2. The number of nitrogens with two attached hydrogens (primary N) is 1. The van der Waals surface area contributed by atoms with Crippen LogP contribution in [0.1, 0.15) is 35.2 Å². The minimum Gasteiger partial charge on any atom is -0.508 e. The maximum absolute atomic E-state index is 13.9. The van der Waals surface area contributed by atoms with Gasteiger partial charge in [0.05, 0.1) is 17.7 Å². The lowest BCUT2D eigenvalue weighted by Crippen LogP contribution is -2.54. The number of primary amides is 1. The SMILES string of the molecule is CN(C)c1cc(NC(=O)Nc2ccc(OC(F)(F)F)cc2)c(O)c2c1C[C@H]1C[C@@H](CCO)[C@@](O)(C(=O)CC(N)=O)C(O)=C1C2=O. The molecule has 2 aromatic rings. The highest BCUT2D eigenvalue weighted by Crippen LogP contribution is 2.51. The number of aromatic hydroxyl groups is 1. The molecule has 16 heteroatoms. The molecule has 0 saturated heterocycles. The first kappa shape index (κ1) is 33.1. The summed E-state index contributed by atoms with van der Waals surface area (Å²) in [7, 11) is 3.29. The summed E-state index contributed by atoms with van der Waals surface area (Å²) >= 11 is 0. The van der Waals surface area contributed by atoms with Gasteiger partial charge in [-0.3, -0.25) is 14.4 Å². The van der Waals surface area contributed by atoms with Crippen LogP contribution < -0.4 is 26.0 Å². The van der Waals surface area contributed by atoms with Crippen molar-refractivity contribution in [1.29, 1.82) is 0 Å². The lowest BCUT2D eigenvalue weighted by molar-refractivity contribution is -0.274. The molecule has 3 amide bonds. The number of ketones is 2. The Morgan fingerprint density at radius 1 is 1.13 bits per heavy atom. The van der Waals surface area contributed by atoms with Crippen LogP contribution in [0, 0.1) is 11.8 Å². The number of fused-ring (bicyclic) bond motifs is 2. The number of hydrogen-bond donors (Lipinski definition) is 7. The molecule has 13 nitrogen and oxygen atoms in total. The molecule has 2 aliphatic carbocycles. The van der Waals surface area contributed by atoms with Crippen LogP contribution in [-0.4, -0.2) is 76.6 Å². The molecule has 0 aliphatic heterocycles. The number of aliphatic hydroxyl groups is 3. The largest absolute Gasteiger partial charge is 0.573 e. The van der Waals surface area contributed by atoms with Crippen LogP contribution >= 0.6 is 0 Å². The number of allylic oxidation sites excluding steroid dienone is 1. The van der Waals surface area contributed by atoms with Gasteiger partial charge in [0.2, 0.25) is 5.91 Å². The van der Waals surface area contributed by atoms with Crippen molar-refractivity contribution in [3.05, 3.63) is 52.8 Å². The van der Waals surface area contributed by atoms with Gasteiger partial charge in [-0.25, -0.2) is 4.79 Å². The molecule has 8 N–H and O–H groups in total. The molecule has 2 aromatic carbocycles. The second-order valence-electron chi connectivity index (χ2n) is 11.0. The Kier molecular flexibility index (Phi) is 9.02. The van der Waals surface area contributed by atoms with Crippen molar-refractivity contribution in [3.63, 3.8) is 0 Å². The summed E-state index contributed by atoms with van der Waals surface area (Å²) in [6, 6.07) is 4.71. The number of aliphatic hydroxyl groups excluding tert-OH is 2. The van der Waals surface area contributed by atoms with Gasteiger partial charge in [-0.1, -0.05) is 0 Å². The molecule has 0 heterocycles. The van der Waals surface area contributed by atoms with Crippen molar-refractivity contribution >= 4 is 40.6 Å². The number of nitrogens with one attached hydrogen (secondary N) is 2. The first-order valence-electron chi connectivity index (χ1n) is 13.6. The van der Waals surface area contributed by atoms with Crippen LogP contribution in [0.5, 0.6) is 11.5 Å². The third-order valence-electron chi connectivity index (χ3n) is 7.80. The fourth-order valence-corrected chi connectivity index (χ4v) is 5.89. The second-order valence-corrected chi connectivity index (χ2v) is 11.0. The Morgan fingerprint density at radius 2 is 1.78 bits per heavy atom. The number of hydrogen-bond acceptors (Lipinski definition) is 10. The average Bonchev–Trinajstić information content (AvgIpc) is 2.92. The van der Waals surface area contributed by atoms with E-state index < -0.39 is 77.6 Å². The van der Waals surface area contributed by atoms with Gasteiger partial charge >= 0.3 is 12.4 Å². The van der Waals surface area contributed by atoms with Crippen LogP contribution in [-0.2, 0) is 16.0 Å². The molecule has 2 aliphatic rings. The van der Waals surface area contributed by atoms with Gasteiger partial charge < -0.3 is 46.4 Å². The standard InChI is InChI=1S/C29H31F3N4O9/c1-36(2)19-11-18(35-27(43)34-15-3-5-16(6-4-15)45-29(30,31)32)24(40)23-17(19)10-13-9-14(7-8-37)28(44,20(38)12-21(33)39)26(42)22(13)25(23)41/h3-6,11,13-14,37,40,42,44H,7-10,12H2,1-2H3,(H2,33,39)(H2,34,35,43)/t13-,14-,28-/m1/s1. The van der Waals surface area contributed by atoms with Gasteiger partial charge in [-0.15, -0.1) is 13.2 Å². The van der Waals surface area contributed by atoms with E-state index >= 15 is 0 Å². The van der Waals surface area contributed by atoms with E-state index in [2.05, 4.69) is 15.4 Å². The number of amides is 3. The first-order chi connectivity index (χ1) is 21.0. The molecular weight excluding hydrogens is 605 g/mol. The zero-order valence-electron chi connectivity index (χ0n) is 24.1. The van der Waals surface area contributed by atoms with Crippen molar-refractivity contribution < 1.29 is 57.5 Å². The molecule has 0 unspecified atom stereocenters. The number of rotatable bonds is 9. The molecule has 0 saturated carbocycles. The topological polar surface area (TPSA) is 212 Å². The lowest BCUT2D eigenvalue weighted by atomic mass is 9.62. The Morgan fingerprint density at radius 3 is 2.33 bits per heavy atom. The number of carbonyl (C=O) groups excluding carboxylic acids is 4. The fourth-order valence-electron chi connectivity index (χ4n) is 5.89. The van der Waals surface area contributed by atoms with E-state index in [0.717, 1.165) is 24.3 Å². The van der Waals surface area contributed by atoms with Gasteiger partial charge in [0.25, 0.3) is 0 Å². The number of alkyl halides is 3. The highest BCUT2D eigenvalue weighted by atomic mass is 19.4. The monoisotopic (exact) mass is 636 g/mol.